The van der Waals surface area contributed by atoms with Gasteiger partial charge in [-0.1, -0.05) is 0 Å². The topological polar surface area (TPSA) is 132 Å². The van der Waals surface area contributed by atoms with Crippen molar-refractivity contribution in [2.75, 3.05) is 26.6 Å². The molecule has 3 aromatic rings. The van der Waals surface area contributed by atoms with E-state index in [4.69, 9.17) is 14.2 Å². The van der Waals surface area contributed by atoms with Gasteiger partial charge in [-0.2, -0.15) is 10.2 Å². The lowest BCUT2D eigenvalue weighted by Crippen LogP contribution is -2.18. The van der Waals surface area contributed by atoms with Crippen molar-refractivity contribution in [3.05, 3.63) is 52.5 Å². The zero-order valence-electron chi connectivity index (χ0n) is 21.2. The molecule has 0 spiro atoms. The van der Waals surface area contributed by atoms with Gasteiger partial charge in [-0.15, -0.1) is 0 Å². The number of aromatic nitrogens is 4. The van der Waals surface area contributed by atoms with Gasteiger partial charge in [-0.3, -0.25) is 9.48 Å². The van der Waals surface area contributed by atoms with Gasteiger partial charge < -0.3 is 14.2 Å². The molecule has 0 aliphatic rings. The summed E-state index contributed by atoms with van der Waals surface area (Å²) in [4.78, 5) is 26.6. The summed E-state index contributed by atoms with van der Waals surface area (Å²) in [7, 11) is -2.13. The van der Waals surface area contributed by atoms with Crippen molar-refractivity contribution in [3.63, 3.8) is 0 Å². The fourth-order valence-electron chi connectivity index (χ4n) is 3.71. The average molecular weight is 519 g/mol. The lowest BCUT2D eigenvalue weighted by Gasteiger charge is -2.16. The molecule has 0 unspecified atom stereocenters. The maximum absolute atomic E-state index is 13.6. The largest absolute Gasteiger partial charge is 0.490 e. The monoisotopic (exact) mass is 518 g/mol. The summed E-state index contributed by atoms with van der Waals surface area (Å²) in [5, 5.41) is 8.46. The van der Waals surface area contributed by atoms with E-state index in [2.05, 4.69) is 10.2 Å². The Labute approximate surface area is 209 Å². The first kappa shape index (κ1) is 27.1. The Kier molecular flexibility index (Phi) is 8.31. The van der Waals surface area contributed by atoms with Crippen molar-refractivity contribution < 1.29 is 32.2 Å². The molecule has 0 saturated carbocycles. The number of hydrogen-bond acceptors (Lipinski definition) is 9. The number of ether oxygens (including phenoxy) is 3. The fraction of sp³-hybridized carbons (Fsp3) is 0.417. The van der Waals surface area contributed by atoms with Gasteiger partial charge in [0, 0.05) is 37.6 Å². The van der Waals surface area contributed by atoms with E-state index in [-0.39, 0.29) is 46.6 Å². The highest BCUT2D eigenvalue weighted by atomic mass is 32.2. The van der Waals surface area contributed by atoms with Gasteiger partial charge in [0.1, 0.15) is 28.5 Å². The molecule has 0 bridgehead atoms. The minimum Gasteiger partial charge on any atom is -0.490 e. The van der Waals surface area contributed by atoms with Crippen LogP contribution in [0.4, 0.5) is 0 Å². The molecular formula is C24H30N4O7S. The number of methoxy groups -OCH3 is 1. The first-order valence-electron chi connectivity index (χ1n) is 11.4. The van der Waals surface area contributed by atoms with Crippen molar-refractivity contribution in [1.29, 1.82) is 0 Å². The molecule has 0 amide bonds. The minimum atomic E-state index is -3.63. The highest BCUT2D eigenvalue weighted by molar-refractivity contribution is 7.90. The third-order valence-electron chi connectivity index (χ3n) is 5.48. The SMILES string of the molecule is CCn1nc(C)cc1C(=O)Oc1c(C(=O)c2ccc(S(C)(=O)=O)c(OCCOC)c2C)cnn1CC. The number of carbonyl (C=O) groups excluding carboxylic acids is 2. The zero-order valence-corrected chi connectivity index (χ0v) is 22.0. The van der Waals surface area contributed by atoms with Crippen molar-refractivity contribution >= 4 is 21.6 Å². The molecule has 0 N–H and O–H groups in total. The molecule has 2 aromatic heterocycles. The molecule has 2 heterocycles. The van der Waals surface area contributed by atoms with Crippen LogP contribution in [-0.4, -0.2) is 66.3 Å². The molecule has 0 radical (unpaired) electrons. The van der Waals surface area contributed by atoms with Crippen molar-refractivity contribution in [1.82, 2.24) is 19.6 Å². The highest BCUT2D eigenvalue weighted by Crippen LogP contribution is 2.33. The van der Waals surface area contributed by atoms with Gasteiger partial charge in [-0.05, 0) is 45.9 Å². The Hall–Kier alpha value is -3.51. The van der Waals surface area contributed by atoms with Gasteiger partial charge in [-0.25, -0.2) is 17.9 Å². The minimum absolute atomic E-state index is 0.0116. The molecule has 11 nitrogen and oxygen atoms in total. The number of aryl methyl sites for hydroxylation is 3. The maximum atomic E-state index is 13.6. The van der Waals surface area contributed by atoms with Crippen LogP contribution in [0.25, 0.3) is 0 Å². The lowest BCUT2D eigenvalue weighted by molar-refractivity contribution is 0.0703. The molecule has 0 saturated heterocycles. The molecule has 12 heteroatoms. The second-order valence-corrected chi connectivity index (χ2v) is 10.0. The van der Waals surface area contributed by atoms with Crippen LogP contribution < -0.4 is 9.47 Å². The van der Waals surface area contributed by atoms with E-state index in [9.17, 15) is 18.0 Å². The summed E-state index contributed by atoms with van der Waals surface area (Å²) in [6.07, 6.45) is 2.39. The Balaban J connectivity index is 2.04. The average Bonchev–Trinajstić information content (AvgIpc) is 3.41. The third kappa shape index (κ3) is 5.49. The Morgan fingerprint density at radius 3 is 2.33 bits per heavy atom. The first-order valence-corrected chi connectivity index (χ1v) is 13.2. The molecule has 0 aliphatic heterocycles. The van der Waals surface area contributed by atoms with E-state index in [0.29, 0.717) is 24.3 Å². The van der Waals surface area contributed by atoms with Crippen molar-refractivity contribution in [3.8, 4) is 11.6 Å². The molecule has 36 heavy (non-hydrogen) atoms. The maximum Gasteiger partial charge on any atom is 0.363 e. The summed E-state index contributed by atoms with van der Waals surface area (Å²) in [5.41, 5.74) is 1.49. The molecule has 3 rings (SSSR count). The molecule has 0 fully saturated rings. The Morgan fingerprint density at radius 1 is 1.03 bits per heavy atom. The zero-order chi connectivity index (χ0) is 26.6. The summed E-state index contributed by atoms with van der Waals surface area (Å²) < 4.78 is 43.9. The smallest absolute Gasteiger partial charge is 0.363 e. The predicted molar refractivity (Wildman–Crippen MR) is 131 cm³/mol. The quantitative estimate of drug-likeness (QED) is 0.213. The predicted octanol–water partition coefficient (Wildman–Crippen LogP) is 2.62. The number of esters is 1. The van der Waals surface area contributed by atoms with Crippen molar-refractivity contribution in [2.24, 2.45) is 0 Å². The molecular weight excluding hydrogens is 488 g/mol. The van der Waals surface area contributed by atoms with Crippen molar-refractivity contribution in [2.45, 2.75) is 45.7 Å². The number of rotatable bonds is 11. The molecule has 0 atom stereocenters. The number of nitrogens with zero attached hydrogens (tertiary/aromatic N) is 4. The van der Waals surface area contributed by atoms with E-state index in [0.717, 1.165) is 6.26 Å². The number of hydrogen-bond donors (Lipinski definition) is 0. The highest BCUT2D eigenvalue weighted by Gasteiger charge is 2.28. The number of benzene rings is 1. The number of carbonyl (C=O) groups is 2. The normalized spacial score (nSPS) is 11.5. The molecule has 1 aromatic carbocycles. The van der Waals surface area contributed by atoms with Crippen LogP contribution in [0.5, 0.6) is 11.6 Å². The van der Waals surface area contributed by atoms with E-state index < -0.39 is 21.6 Å². The van der Waals surface area contributed by atoms with Crippen LogP contribution in [0.1, 0.15) is 51.5 Å². The van der Waals surface area contributed by atoms with Gasteiger partial charge >= 0.3 is 5.97 Å². The van der Waals surface area contributed by atoms with Gasteiger partial charge in [0.05, 0.1) is 18.5 Å². The van der Waals surface area contributed by atoms with Gasteiger partial charge in [0.25, 0.3) is 0 Å². The van der Waals surface area contributed by atoms with Crippen LogP contribution in [0, 0.1) is 13.8 Å². The van der Waals surface area contributed by atoms with Gasteiger partial charge in [0.15, 0.2) is 9.84 Å². The first-order chi connectivity index (χ1) is 17.0. The summed E-state index contributed by atoms with van der Waals surface area (Å²) >= 11 is 0. The Morgan fingerprint density at radius 2 is 1.72 bits per heavy atom. The summed E-state index contributed by atoms with van der Waals surface area (Å²) in [6, 6.07) is 4.36. The molecule has 0 aliphatic carbocycles. The van der Waals surface area contributed by atoms with E-state index in [1.807, 2.05) is 6.92 Å². The Bertz CT molecular complexity index is 1390. The lowest BCUT2D eigenvalue weighted by atomic mass is 10.00. The second-order valence-electron chi connectivity index (χ2n) is 8.06. The molecule has 194 valence electrons. The van der Waals surface area contributed by atoms with Crippen LogP contribution in [0.15, 0.2) is 29.3 Å². The third-order valence-corrected chi connectivity index (χ3v) is 6.60. The van der Waals surface area contributed by atoms with E-state index in [1.54, 1.807) is 26.8 Å². The van der Waals surface area contributed by atoms with Crippen LogP contribution >= 0.6 is 0 Å². The van der Waals surface area contributed by atoms with Crippen LogP contribution in [-0.2, 0) is 27.7 Å². The summed E-state index contributed by atoms with van der Waals surface area (Å²) in [6.45, 7) is 8.16. The van der Waals surface area contributed by atoms with Crippen LogP contribution in [0.2, 0.25) is 0 Å². The van der Waals surface area contributed by atoms with E-state index >= 15 is 0 Å². The second kappa shape index (κ2) is 11.0. The standard InChI is InChI=1S/C24H30N4O7S/c1-7-27-19(13-15(3)26-27)24(30)35-23-18(14-25-28(23)8-2)21(29)17-9-10-20(36(6,31)32)22(16(17)4)34-12-11-33-5/h9-10,13-14H,7-8,11-12H2,1-6H3. The van der Waals surface area contributed by atoms with E-state index in [1.165, 1.54) is 34.8 Å². The van der Waals surface area contributed by atoms with Gasteiger partial charge in [0.2, 0.25) is 11.7 Å². The summed E-state index contributed by atoms with van der Waals surface area (Å²) in [5.74, 6) is -1.10. The number of ketones is 1. The number of sulfone groups is 1. The van der Waals surface area contributed by atoms with Crippen LogP contribution in [0.3, 0.4) is 0 Å². The fourth-order valence-corrected chi connectivity index (χ4v) is 4.57.